The van der Waals surface area contributed by atoms with Gasteiger partial charge in [-0.15, -0.1) is 0 Å². The highest BCUT2D eigenvalue weighted by Gasteiger charge is 2.34. The summed E-state index contributed by atoms with van der Waals surface area (Å²) in [6.45, 7) is 11.7. The molecule has 1 atom stereocenters. The number of rotatable bonds is 4. The van der Waals surface area contributed by atoms with E-state index in [-0.39, 0.29) is 11.2 Å². The topological polar surface area (TPSA) is 46.5 Å². The summed E-state index contributed by atoms with van der Waals surface area (Å²) in [6.07, 6.45) is 0. The Kier molecular flexibility index (Phi) is 4.88. The first kappa shape index (κ1) is 18.6. The lowest BCUT2D eigenvalue weighted by Gasteiger charge is -2.29. The Bertz CT molecular complexity index is 738. The van der Waals surface area contributed by atoms with Crippen LogP contribution in [0.1, 0.15) is 45.7 Å². The summed E-state index contributed by atoms with van der Waals surface area (Å²) in [5.74, 6) is 0.889. The molecule has 1 N–H and O–H groups in total. The van der Waals surface area contributed by atoms with E-state index in [0.29, 0.717) is 5.75 Å². The summed E-state index contributed by atoms with van der Waals surface area (Å²) < 4.78 is 18.5. The van der Waals surface area contributed by atoms with Crippen molar-refractivity contribution in [2.24, 2.45) is 0 Å². The second kappa shape index (κ2) is 6.29. The third-order valence-corrected chi connectivity index (χ3v) is 7.66. The molecule has 0 aliphatic heterocycles. The van der Waals surface area contributed by atoms with Crippen molar-refractivity contribution in [2.45, 2.75) is 45.2 Å². The van der Waals surface area contributed by atoms with Gasteiger partial charge in [-0.05, 0) is 35.4 Å². The first-order valence-corrected chi connectivity index (χ1v) is 10.2. The predicted octanol–water partition coefficient (Wildman–Crippen LogP) is 5.80. The first-order valence-electron chi connectivity index (χ1n) is 8.11. The van der Waals surface area contributed by atoms with E-state index < -0.39 is 12.5 Å². The highest BCUT2D eigenvalue weighted by Crippen LogP contribution is 2.55. The van der Waals surface area contributed by atoms with E-state index in [4.69, 9.17) is 4.52 Å². The maximum atomic E-state index is 12.7. The number of hydrogen-bond donors (Lipinski definition) is 1. The molecule has 0 saturated heterocycles. The smallest absolute Gasteiger partial charge is 0.250 e. The Labute approximate surface area is 145 Å². The average Bonchev–Trinajstić information content (AvgIpc) is 2.46. The number of phenolic OH excluding ortho intramolecular Hbond substituents is 1. The molecule has 3 nitrogen and oxygen atoms in total. The van der Waals surface area contributed by atoms with Gasteiger partial charge in [0.05, 0.1) is 0 Å². The van der Waals surface area contributed by atoms with Crippen molar-refractivity contribution in [3.8, 4) is 11.5 Å². The van der Waals surface area contributed by atoms with E-state index in [0.717, 1.165) is 11.1 Å². The predicted molar refractivity (Wildman–Crippen MR) is 101 cm³/mol. The van der Waals surface area contributed by atoms with Gasteiger partial charge in [0.25, 0.3) is 0 Å². The third-order valence-electron chi connectivity index (χ3n) is 4.66. The van der Waals surface area contributed by atoms with Crippen LogP contribution >= 0.6 is 7.37 Å². The van der Waals surface area contributed by atoms with E-state index >= 15 is 0 Å². The minimum absolute atomic E-state index is 0.202. The van der Waals surface area contributed by atoms with Crippen molar-refractivity contribution in [1.29, 1.82) is 0 Å². The van der Waals surface area contributed by atoms with Gasteiger partial charge in [0, 0.05) is 17.2 Å². The van der Waals surface area contributed by atoms with Crippen LogP contribution in [0.25, 0.3) is 0 Å². The average molecular weight is 346 g/mol. The van der Waals surface area contributed by atoms with Gasteiger partial charge in [0.15, 0.2) is 0 Å². The van der Waals surface area contributed by atoms with E-state index in [9.17, 15) is 9.67 Å². The van der Waals surface area contributed by atoms with Gasteiger partial charge in [0.2, 0.25) is 7.37 Å². The molecular weight excluding hydrogens is 319 g/mol. The van der Waals surface area contributed by atoms with Crippen LogP contribution in [0, 0.1) is 0 Å². The zero-order chi connectivity index (χ0) is 18.2. The molecule has 0 heterocycles. The van der Waals surface area contributed by atoms with Crippen LogP contribution in [0.2, 0.25) is 0 Å². The van der Waals surface area contributed by atoms with Gasteiger partial charge in [-0.25, -0.2) is 0 Å². The fourth-order valence-corrected chi connectivity index (χ4v) is 3.11. The van der Waals surface area contributed by atoms with E-state index in [1.54, 1.807) is 18.8 Å². The molecular formula is C20H27O3P. The van der Waals surface area contributed by atoms with Crippen LogP contribution in [0.5, 0.6) is 11.5 Å². The van der Waals surface area contributed by atoms with E-state index in [1.807, 2.05) is 57.2 Å². The van der Waals surface area contributed by atoms with Crippen molar-refractivity contribution in [3.63, 3.8) is 0 Å². The fourth-order valence-electron chi connectivity index (χ4n) is 2.32. The highest BCUT2D eigenvalue weighted by molar-refractivity contribution is 7.60. The Morgan fingerprint density at radius 2 is 1.25 bits per heavy atom. The Balaban J connectivity index is 2.26. The second-order valence-corrected chi connectivity index (χ2v) is 11.0. The molecule has 24 heavy (non-hydrogen) atoms. The van der Waals surface area contributed by atoms with Gasteiger partial charge in [-0.2, -0.15) is 0 Å². The van der Waals surface area contributed by atoms with Crippen LogP contribution in [0.15, 0.2) is 48.5 Å². The lowest BCUT2D eigenvalue weighted by atomic mass is 9.78. The Morgan fingerprint density at radius 1 is 0.833 bits per heavy atom. The second-order valence-electron chi connectivity index (χ2n) is 7.80. The van der Waals surface area contributed by atoms with E-state index in [1.165, 1.54) is 0 Å². The normalized spacial score (nSPS) is 14.9. The summed E-state index contributed by atoms with van der Waals surface area (Å²) >= 11 is 0. The lowest BCUT2D eigenvalue weighted by molar-refractivity contribution is 0.456. The SMILES string of the molecule is CC(C)(c1ccc(O)cc1)c1ccc(OP(C)(=O)C(C)(C)C)cc1. The van der Waals surface area contributed by atoms with Crippen molar-refractivity contribution in [3.05, 3.63) is 59.7 Å². The zero-order valence-electron chi connectivity index (χ0n) is 15.3. The molecule has 0 aliphatic rings. The fraction of sp³-hybridized carbons (Fsp3) is 0.400. The van der Waals surface area contributed by atoms with Crippen LogP contribution < -0.4 is 4.52 Å². The summed E-state index contributed by atoms with van der Waals surface area (Å²) in [4.78, 5) is 0. The summed E-state index contributed by atoms with van der Waals surface area (Å²) in [6, 6.07) is 15.0. The molecule has 0 aliphatic carbocycles. The summed E-state index contributed by atoms with van der Waals surface area (Å²) in [7, 11) is -2.75. The molecule has 0 fully saturated rings. The molecule has 0 radical (unpaired) electrons. The quantitative estimate of drug-likeness (QED) is 0.711. The van der Waals surface area contributed by atoms with Crippen molar-refractivity contribution >= 4 is 7.37 Å². The van der Waals surface area contributed by atoms with Gasteiger partial charge >= 0.3 is 0 Å². The number of phenols is 1. The molecule has 4 heteroatoms. The Morgan fingerprint density at radius 3 is 1.67 bits per heavy atom. The molecule has 0 bridgehead atoms. The third kappa shape index (κ3) is 3.84. The van der Waals surface area contributed by atoms with Gasteiger partial charge < -0.3 is 9.63 Å². The maximum Gasteiger partial charge on any atom is 0.250 e. The van der Waals surface area contributed by atoms with Gasteiger partial charge in [0.1, 0.15) is 11.5 Å². The molecule has 0 amide bonds. The zero-order valence-corrected chi connectivity index (χ0v) is 16.2. The lowest BCUT2D eigenvalue weighted by Crippen LogP contribution is -2.19. The van der Waals surface area contributed by atoms with Crippen LogP contribution in [-0.2, 0) is 9.98 Å². The molecule has 2 rings (SSSR count). The molecule has 0 aromatic heterocycles. The van der Waals surface area contributed by atoms with Crippen LogP contribution in [0.4, 0.5) is 0 Å². The largest absolute Gasteiger partial charge is 0.508 e. The number of hydrogen-bond acceptors (Lipinski definition) is 3. The molecule has 2 aromatic rings. The molecule has 0 spiro atoms. The van der Waals surface area contributed by atoms with Crippen LogP contribution in [0.3, 0.4) is 0 Å². The van der Waals surface area contributed by atoms with Crippen molar-refractivity contribution in [1.82, 2.24) is 0 Å². The number of aromatic hydroxyl groups is 1. The first-order chi connectivity index (χ1) is 10.9. The van der Waals surface area contributed by atoms with Crippen LogP contribution in [-0.4, -0.2) is 16.9 Å². The van der Waals surface area contributed by atoms with Crippen molar-refractivity contribution < 1.29 is 14.2 Å². The Hall–Kier alpha value is -1.73. The van der Waals surface area contributed by atoms with Gasteiger partial charge in [-0.3, -0.25) is 4.57 Å². The highest BCUT2D eigenvalue weighted by atomic mass is 31.2. The minimum Gasteiger partial charge on any atom is -0.508 e. The minimum atomic E-state index is -2.75. The van der Waals surface area contributed by atoms with Gasteiger partial charge in [-0.1, -0.05) is 58.9 Å². The molecule has 0 saturated carbocycles. The molecule has 1 unspecified atom stereocenters. The van der Waals surface area contributed by atoms with E-state index in [2.05, 4.69) is 13.8 Å². The maximum absolute atomic E-state index is 12.7. The molecule has 2 aromatic carbocycles. The standard InChI is InChI=1S/C20H27O3P/c1-19(2,3)24(6,22)23-18-13-9-16(10-14-18)20(4,5)15-7-11-17(21)12-8-15/h7-14,21H,1-6H3. The summed E-state index contributed by atoms with van der Waals surface area (Å²) in [5.41, 5.74) is 2.04. The number of benzene rings is 2. The molecule has 130 valence electrons. The van der Waals surface area contributed by atoms with Crippen molar-refractivity contribution in [2.75, 3.05) is 6.66 Å². The monoisotopic (exact) mass is 346 g/mol. The summed E-state index contributed by atoms with van der Waals surface area (Å²) in [5, 5.41) is 9.07.